The van der Waals surface area contributed by atoms with E-state index in [2.05, 4.69) is 15.3 Å². The van der Waals surface area contributed by atoms with E-state index in [1.165, 1.54) is 6.33 Å². The molecule has 96 valence electrons. The molecule has 6 nitrogen and oxygen atoms in total. The normalized spacial score (nSPS) is 12.2. The van der Waals surface area contributed by atoms with E-state index < -0.39 is 0 Å². The van der Waals surface area contributed by atoms with E-state index in [4.69, 9.17) is 15.2 Å². The number of rotatable bonds is 7. The number of nitrogens with one attached hydrogen (secondary N) is 1. The van der Waals surface area contributed by atoms with Gasteiger partial charge in [0.1, 0.15) is 12.0 Å². The van der Waals surface area contributed by atoms with Crippen molar-refractivity contribution < 1.29 is 9.47 Å². The Bertz CT molecular complexity index is 346. The fourth-order valence-electron chi connectivity index (χ4n) is 1.35. The average Bonchev–Trinajstić information content (AvgIpc) is 2.32. The third-order valence-electron chi connectivity index (χ3n) is 2.27. The first-order valence-electron chi connectivity index (χ1n) is 5.67. The van der Waals surface area contributed by atoms with Gasteiger partial charge in [-0.2, -0.15) is 4.98 Å². The van der Waals surface area contributed by atoms with Gasteiger partial charge in [0.2, 0.25) is 5.88 Å². The Labute approximate surface area is 102 Å². The number of nitrogens with two attached hydrogens (primary N) is 1. The van der Waals surface area contributed by atoms with E-state index in [1.807, 2.05) is 13.8 Å². The summed E-state index contributed by atoms with van der Waals surface area (Å²) >= 11 is 0. The third-order valence-corrected chi connectivity index (χ3v) is 2.27. The predicted octanol–water partition coefficient (Wildman–Crippen LogP) is 1.29. The lowest BCUT2D eigenvalue weighted by atomic mass is 10.2. The van der Waals surface area contributed by atoms with Crippen LogP contribution in [0.1, 0.15) is 20.3 Å². The smallest absolute Gasteiger partial charge is 0.242 e. The van der Waals surface area contributed by atoms with E-state index in [1.54, 1.807) is 7.11 Å². The highest BCUT2D eigenvalue weighted by molar-refractivity contribution is 5.66. The number of hydrogen-bond donors (Lipinski definition) is 2. The van der Waals surface area contributed by atoms with Crippen molar-refractivity contribution in [2.75, 3.05) is 31.4 Å². The first kappa shape index (κ1) is 13.5. The van der Waals surface area contributed by atoms with Crippen LogP contribution in [0.25, 0.3) is 0 Å². The molecule has 0 aliphatic carbocycles. The summed E-state index contributed by atoms with van der Waals surface area (Å²) in [5.41, 5.74) is 6.35. The number of nitrogens with zero attached hydrogens (tertiary/aromatic N) is 2. The molecule has 3 N–H and O–H groups in total. The highest BCUT2D eigenvalue weighted by atomic mass is 16.5. The zero-order valence-corrected chi connectivity index (χ0v) is 10.6. The number of ether oxygens (including phenoxy) is 2. The molecule has 0 fully saturated rings. The lowest BCUT2D eigenvalue weighted by molar-refractivity contribution is 0.191. The largest absolute Gasteiger partial charge is 0.476 e. The maximum atomic E-state index is 5.90. The summed E-state index contributed by atoms with van der Waals surface area (Å²) in [5, 5.41) is 3.21. The van der Waals surface area contributed by atoms with Gasteiger partial charge in [-0.25, -0.2) is 4.98 Å². The molecule has 0 amide bonds. The van der Waals surface area contributed by atoms with Crippen LogP contribution in [-0.4, -0.2) is 36.3 Å². The molecule has 1 unspecified atom stereocenters. The van der Waals surface area contributed by atoms with Gasteiger partial charge in [0, 0.05) is 19.8 Å². The molecule has 1 atom stereocenters. The Morgan fingerprint density at radius 1 is 1.47 bits per heavy atom. The fraction of sp³-hybridized carbons (Fsp3) is 0.636. The average molecular weight is 240 g/mol. The van der Waals surface area contributed by atoms with Crippen molar-refractivity contribution in [3.8, 4) is 5.88 Å². The van der Waals surface area contributed by atoms with Crippen LogP contribution in [0, 0.1) is 0 Å². The molecule has 6 heteroatoms. The van der Waals surface area contributed by atoms with Crippen molar-refractivity contribution in [1.29, 1.82) is 0 Å². The minimum atomic E-state index is 0.224. The van der Waals surface area contributed by atoms with Gasteiger partial charge in [0.15, 0.2) is 5.82 Å². The second-order valence-corrected chi connectivity index (χ2v) is 3.70. The van der Waals surface area contributed by atoms with Gasteiger partial charge in [-0.15, -0.1) is 0 Å². The van der Waals surface area contributed by atoms with Gasteiger partial charge in [-0.1, -0.05) is 0 Å². The van der Waals surface area contributed by atoms with Crippen LogP contribution in [-0.2, 0) is 4.74 Å². The standard InChI is InChI=1S/C11H20N4O2/c1-4-17-11-9(12)10(13-7-14-11)15-8(2)5-6-16-3/h7-8H,4-6,12H2,1-3H3,(H,13,14,15). The third kappa shape index (κ3) is 4.07. The van der Waals surface area contributed by atoms with Crippen molar-refractivity contribution in [2.24, 2.45) is 0 Å². The second-order valence-electron chi connectivity index (χ2n) is 3.70. The van der Waals surface area contributed by atoms with Gasteiger partial charge in [-0.3, -0.25) is 0 Å². The Morgan fingerprint density at radius 2 is 2.24 bits per heavy atom. The molecule has 0 aliphatic heterocycles. The van der Waals surface area contributed by atoms with E-state index >= 15 is 0 Å². The summed E-state index contributed by atoms with van der Waals surface area (Å²) in [4.78, 5) is 8.08. The molecule has 0 aromatic carbocycles. The molecule has 0 aliphatic rings. The lowest BCUT2D eigenvalue weighted by Gasteiger charge is -2.16. The molecule has 0 spiro atoms. The monoisotopic (exact) mass is 240 g/mol. The molecule has 0 radical (unpaired) electrons. The zero-order valence-electron chi connectivity index (χ0n) is 10.6. The van der Waals surface area contributed by atoms with Gasteiger partial charge in [0.25, 0.3) is 0 Å². The van der Waals surface area contributed by atoms with Crippen LogP contribution in [0.4, 0.5) is 11.5 Å². The molecular weight excluding hydrogens is 220 g/mol. The summed E-state index contributed by atoms with van der Waals surface area (Å²) in [7, 11) is 1.68. The van der Waals surface area contributed by atoms with E-state index in [0.717, 1.165) is 6.42 Å². The minimum Gasteiger partial charge on any atom is -0.476 e. The maximum absolute atomic E-state index is 5.90. The summed E-state index contributed by atoms with van der Waals surface area (Å²) < 4.78 is 10.3. The summed E-state index contributed by atoms with van der Waals surface area (Å²) in [6.07, 6.45) is 2.32. The molecular formula is C11H20N4O2. The van der Waals surface area contributed by atoms with Crippen LogP contribution in [0.15, 0.2) is 6.33 Å². The molecule has 1 aromatic heterocycles. The number of aromatic nitrogens is 2. The van der Waals surface area contributed by atoms with Gasteiger partial charge in [0.05, 0.1) is 6.61 Å². The van der Waals surface area contributed by atoms with Crippen LogP contribution < -0.4 is 15.8 Å². The molecule has 0 saturated heterocycles. The molecule has 0 saturated carbocycles. The van der Waals surface area contributed by atoms with Gasteiger partial charge in [-0.05, 0) is 20.3 Å². The summed E-state index contributed by atoms with van der Waals surface area (Å²) in [6, 6.07) is 0.224. The Hall–Kier alpha value is -1.56. The summed E-state index contributed by atoms with van der Waals surface area (Å²) in [5.74, 6) is 1.02. The quantitative estimate of drug-likeness (QED) is 0.747. The van der Waals surface area contributed by atoms with Crippen LogP contribution in [0.5, 0.6) is 5.88 Å². The second kappa shape index (κ2) is 6.90. The van der Waals surface area contributed by atoms with E-state index in [9.17, 15) is 0 Å². The topological polar surface area (TPSA) is 82.3 Å². The Morgan fingerprint density at radius 3 is 2.88 bits per heavy atom. The van der Waals surface area contributed by atoms with Crippen molar-refractivity contribution in [2.45, 2.75) is 26.3 Å². The highest BCUT2D eigenvalue weighted by Crippen LogP contribution is 2.25. The fourth-order valence-corrected chi connectivity index (χ4v) is 1.35. The SMILES string of the molecule is CCOc1ncnc(NC(C)CCOC)c1N. The maximum Gasteiger partial charge on any atom is 0.242 e. The first-order valence-corrected chi connectivity index (χ1v) is 5.67. The van der Waals surface area contributed by atoms with Crippen molar-refractivity contribution in [3.05, 3.63) is 6.33 Å². The number of nitrogen functional groups attached to an aromatic ring is 1. The minimum absolute atomic E-state index is 0.224. The van der Waals surface area contributed by atoms with E-state index in [-0.39, 0.29) is 6.04 Å². The molecule has 1 aromatic rings. The highest BCUT2D eigenvalue weighted by Gasteiger charge is 2.11. The molecule has 1 heterocycles. The number of methoxy groups -OCH3 is 1. The Balaban J connectivity index is 2.67. The van der Waals surface area contributed by atoms with E-state index in [0.29, 0.717) is 30.6 Å². The molecule has 0 bridgehead atoms. The van der Waals surface area contributed by atoms with Crippen LogP contribution in [0.3, 0.4) is 0 Å². The van der Waals surface area contributed by atoms with Crippen LogP contribution in [0.2, 0.25) is 0 Å². The summed E-state index contributed by atoms with van der Waals surface area (Å²) in [6.45, 7) is 5.15. The number of anilines is 2. The Kier molecular flexibility index (Phi) is 5.48. The van der Waals surface area contributed by atoms with Gasteiger partial charge < -0.3 is 20.5 Å². The van der Waals surface area contributed by atoms with Gasteiger partial charge >= 0.3 is 0 Å². The van der Waals surface area contributed by atoms with Crippen molar-refractivity contribution in [3.63, 3.8) is 0 Å². The van der Waals surface area contributed by atoms with Crippen molar-refractivity contribution >= 4 is 11.5 Å². The molecule has 1 rings (SSSR count). The zero-order chi connectivity index (χ0) is 12.7. The molecule has 17 heavy (non-hydrogen) atoms. The van der Waals surface area contributed by atoms with Crippen LogP contribution >= 0.6 is 0 Å². The lowest BCUT2D eigenvalue weighted by Crippen LogP contribution is -2.19. The predicted molar refractivity (Wildman–Crippen MR) is 67.2 cm³/mol. The first-order chi connectivity index (χ1) is 8.19. The number of hydrogen-bond acceptors (Lipinski definition) is 6. The van der Waals surface area contributed by atoms with Crippen molar-refractivity contribution in [1.82, 2.24) is 9.97 Å².